The quantitative estimate of drug-likeness (QED) is 0.174. The molecular weight excluding hydrogens is 576 g/mol. The molecule has 1 saturated carbocycles. The van der Waals surface area contributed by atoms with E-state index < -0.39 is 5.31 Å². The normalized spacial score (nSPS) is 14.5. The van der Waals surface area contributed by atoms with E-state index in [9.17, 15) is 4.39 Å². The van der Waals surface area contributed by atoms with Gasteiger partial charge in [0.1, 0.15) is 0 Å². The SMILES string of the molecule is Fc1ccc(-c2c(P(Br)(c3ccccc3)(c3ccccc3)c3ccccc3)c(C3CC3)nc3ccccc23)cc1. The Kier molecular flexibility index (Phi) is 6.18. The number of benzene rings is 5. The molecule has 1 aromatic heterocycles. The molecular formula is C36H28BrFNP. The van der Waals surface area contributed by atoms with Crippen LogP contribution in [0.1, 0.15) is 24.5 Å². The van der Waals surface area contributed by atoms with Crippen LogP contribution in [-0.2, 0) is 0 Å². The molecule has 4 heteroatoms. The van der Waals surface area contributed by atoms with E-state index in [-0.39, 0.29) is 5.82 Å². The molecule has 1 nitrogen and oxygen atoms in total. The van der Waals surface area contributed by atoms with Crippen LogP contribution in [0.4, 0.5) is 4.39 Å². The van der Waals surface area contributed by atoms with Gasteiger partial charge in [-0.15, -0.1) is 0 Å². The molecule has 7 rings (SSSR count). The summed E-state index contributed by atoms with van der Waals surface area (Å²) in [6.07, 6.45) is 2.22. The van der Waals surface area contributed by atoms with E-state index >= 15 is 0 Å². The Morgan fingerprint density at radius 3 is 1.57 bits per heavy atom. The third-order valence-electron chi connectivity index (χ3n) is 8.13. The van der Waals surface area contributed by atoms with E-state index in [0.717, 1.165) is 40.6 Å². The number of aromatic nitrogens is 1. The molecule has 40 heavy (non-hydrogen) atoms. The van der Waals surface area contributed by atoms with Crippen molar-refractivity contribution in [3.8, 4) is 11.1 Å². The van der Waals surface area contributed by atoms with Gasteiger partial charge in [-0.3, -0.25) is 0 Å². The van der Waals surface area contributed by atoms with Gasteiger partial charge in [0.15, 0.2) is 0 Å². The molecule has 0 N–H and O–H groups in total. The van der Waals surface area contributed by atoms with Crippen LogP contribution in [0.2, 0.25) is 0 Å². The zero-order valence-corrected chi connectivity index (χ0v) is 24.4. The molecule has 0 amide bonds. The Labute approximate surface area is 242 Å². The van der Waals surface area contributed by atoms with Gasteiger partial charge in [0.25, 0.3) is 0 Å². The Hall–Kier alpha value is -3.65. The topological polar surface area (TPSA) is 12.9 Å². The van der Waals surface area contributed by atoms with Gasteiger partial charge in [-0.25, -0.2) is 0 Å². The fourth-order valence-corrected chi connectivity index (χ4v) is 14.6. The summed E-state index contributed by atoms with van der Waals surface area (Å²) in [4.78, 5) is 5.46. The first-order chi connectivity index (χ1) is 19.6. The van der Waals surface area contributed by atoms with Crippen molar-refractivity contribution in [3.63, 3.8) is 0 Å². The van der Waals surface area contributed by atoms with Crippen molar-refractivity contribution in [3.05, 3.63) is 151 Å². The van der Waals surface area contributed by atoms with Crippen LogP contribution in [-0.4, -0.2) is 4.98 Å². The van der Waals surface area contributed by atoms with Crippen molar-refractivity contribution in [1.82, 2.24) is 4.98 Å². The standard InChI is InChI=1S/C36H28BrFNP/c37-40(29-12-4-1-5-13-29,30-14-6-2-7-15-30,31-16-8-3-9-17-31)36-34(26-22-24-28(38)25-23-26)32-18-10-11-19-33(32)39-35(36)27-20-21-27/h1-19,22-25,27H,20-21H2. The van der Waals surface area contributed by atoms with E-state index in [1.54, 1.807) is 12.1 Å². The molecule has 0 radical (unpaired) electrons. The van der Waals surface area contributed by atoms with Crippen LogP contribution in [0.15, 0.2) is 140 Å². The minimum atomic E-state index is -3.61. The number of hydrogen-bond acceptors (Lipinski definition) is 1. The van der Waals surface area contributed by atoms with Gasteiger partial charge in [0, 0.05) is 0 Å². The summed E-state index contributed by atoms with van der Waals surface area (Å²) >= 11 is 4.74. The summed E-state index contributed by atoms with van der Waals surface area (Å²) in [5.74, 6) is 0.130. The summed E-state index contributed by atoms with van der Waals surface area (Å²) in [7, 11) is 0. The Bertz CT molecular complexity index is 1720. The summed E-state index contributed by atoms with van der Waals surface area (Å²) in [5, 5.41) is 2.34. The average Bonchev–Trinajstić information content (AvgIpc) is 3.88. The summed E-state index contributed by atoms with van der Waals surface area (Å²) in [5.41, 5.74) is 4.23. The molecule has 1 aliphatic rings. The molecule has 1 fully saturated rings. The van der Waals surface area contributed by atoms with Gasteiger partial charge in [-0.2, -0.15) is 0 Å². The van der Waals surface area contributed by atoms with E-state index in [4.69, 9.17) is 20.5 Å². The molecule has 1 heterocycles. The molecule has 0 bridgehead atoms. The molecule has 6 aromatic rings. The van der Waals surface area contributed by atoms with Crippen LogP contribution in [0.5, 0.6) is 0 Å². The van der Waals surface area contributed by atoms with Crippen molar-refractivity contribution in [2.75, 3.05) is 0 Å². The molecule has 0 aliphatic heterocycles. The van der Waals surface area contributed by atoms with Crippen LogP contribution in [0.3, 0.4) is 0 Å². The van der Waals surface area contributed by atoms with Gasteiger partial charge in [-0.05, 0) is 0 Å². The second-order valence-electron chi connectivity index (χ2n) is 10.5. The molecule has 196 valence electrons. The van der Waals surface area contributed by atoms with Crippen LogP contribution in [0.25, 0.3) is 22.0 Å². The maximum atomic E-state index is 14.3. The number of rotatable bonds is 6. The van der Waals surface area contributed by atoms with E-state index in [1.807, 2.05) is 12.1 Å². The molecule has 0 saturated heterocycles. The van der Waals surface area contributed by atoms with Crippen molar-refractivity contribution >= 4 is 52.9 Å². The monoisotopic (exact) mass is 603 g/mol. The number of hydrogen-bond donors (Lipinski definition) is 0. The molecule has 0 unspecified atom stereocenters. The summed E-state index contributed by atoms with van der Waals surface area (Å²) in [6, 6.07) is 48.0. The molecule has 0 spiro atoms. The van der Waals surface area contributed by atoms with Crippen molar-refractivity contribution < 1.29 is 4.39 Å². The van der Waals surface area contributed by atoms with Gasteiger partial charge >= 0.3 is 243 Å². The molecule has 1 aliphatic carbocycles. The van der Waals surface area contributed by atoms with E-state index in [2.05, 4.69) is 115 Å². The van der Waals surface area contributed by atoms with Crippen molar-refractivity contribution in [1.29, 1.82) is 0 Å². The molecule has 5 aromatic carbocycles. The van der Waals surface area contributed by atoms with Crippen molar-refractivity contribution in [2.24, 2.45) is 0 Å². The maximum absolute atomic E-state index is 14.3. The summed E-state index contributed by atoms with van der Waals surface area (Å²) in [6.45, 7) is 0. The fraction of sp³-hybridized carbons (Fsp3) is 0.0833. The predicted octanol–water partition coefficient (Wildman–Crippen LogP) is 8.38. The Balaban J connectivity index is 1.79. The zero-order valence-electron chi connectivity index (χ0n) is 21.9. The van der Waals surface area contributed by atoms with Gasteiger partial charge in [0.2, 0.25) is 0 Å². The molecule has 0 atom stereocenters. The van der Waals surface area contributed by atoms with Crippen LogP contribution in [0, 0.1) is 5.82 Å². The van der Waals surface area contributed by atoms with Gasteiger partial charge in [-0.1, -0.05) is 0 Å². The number of pyridine rings is 1. The Morgan fingerprint density at radius 1 is 0.600 bits per heavy atom. The summed E-state index contributed by atoms with van der Waals surface area (Å²) < 4.78 is 14.3. The first-order valence-electron chi connectivity index (χ1n) is 13.7. The van der Waals surface area contributed by atoms with E-state index in [1.165, 1.54) is 21.2 Å². The second-order valence-corrected chi connectivity index (χ2v) is 18.8. The fourth-order valence-electron chi connectivity index (χ4n) is 6.15. The number of halogens is 2. The number of para-hydroxylation sites is 1. The van der Waals surface area contributed by atoms with Crippen molar-refractivity contribution in [2.45, 2.75) is 18.8 Å². The average molecular weight is 605 g/mol. The zero-order chi connectivity index (χ0) is 27.2. The first kappa shape index (κ1) is 25.3. The first-order valence-corrected chi connectivity index (χ1v) is 17.9. The van der Waals surface area contributed by atoms with Crippen LogP contribution >= 0.6 is 20.8 Å². The van der Waals surface area contributed by atoms with Crippen LogP contribution < -0.4 is 21.2 Å². The van der Waals surface area contributed by atoms with Gasteiger partial charge < -0.3 is 0 Å². The predicted molar refractivity (Wildman–Crippen MR) is 173 cm³/mol. The van der Waals surface area contributed by atoms with Gasteiger partial charge in [0.05, 0.1) is 0 Å². The third-order valence-corrected chi connectivity index (χ3v) is 18.0. The number of nitrogens with zero attached hydrogens (tertiary/aromatic N) is 1. The van der Waals surface area contributed by atoms with E-state index in [0.29, 0.717) is 5.92 Å². The third kappa shape index (κ3) is 3.79. The Morgan fingerprint density at radius 2 is 1.07 bits per heavy atom. The number of fused-ring (bicyclic) bond motifs is 1. The second kappa shape index (κ2) is 9.77. The minimum absolute atomic E-state index is 0.239.